The summed E-state index contributed by atoms with van der Waals surface area (Å²) < 4.78 is 23.5. The molecule has 116 valence electrons. The molecular weight excluding hydrogens is 289 g/mol. The summed E-state index contributed by atoms with van der Waals surface area (Å²) in [5, 5.41) is 4.11. The summed E-state index contributed by atoms with van der Waals surface area (Å²) in [6.45, 7) is 6.12. The van der Waals surface area contributed by atoms with Crippen molar-refractivity contribution in [3.05, 3.63) is 35.9 Å². The molecule has 0 radical (unpaired) electrons. The first kappa shape index (κ1) is 16.2. The summed E-state index contributed by atoms with van der Waals surface area (Å²) >= 11 is 0. The van der Waals surface area contributed by atoms with Crippen molar-refractivity contribution in [2.75, 3.05) is 13.2 Å². The van der Waals surface area contributed by atoms with E-state index in [0.717, 1.165) is 11.3 Å². The minimum atomic E-state index is -3.19. The minimum absolute atomic E-state index is 0.125. The Kier molecular flexibility index (Phi) is 5.57. The van der Waals surface area contributed by atoms with Gasteiger partial charge < -0.3 is 13.9 Å². The van der Waals surface area contributed by atoms with Gasteiger partial charge >= 0.3 is 7.60 Å². The number of hydrogen-bond acceptors (Lipinski definition) is 5. The van der Waals surface area contributed by atoms with E-state index >= 15 is 0 Å². The van der Waals surface area contributed by atoms with E-state index in [-0.39, 0.29) is 6.10 Å². The fourth-order valence-electron chi connectivity index (χ4n) is 2.29. The molecule has 2 rings (SSSR count). The molecule has 5 nitrogen and oxygen atoms in total. The van der Waals surface area contributed by atoms with Crippen LogP contribution in [0, 0.1) is 0 Å². The second-order valence-electron chi connectivity index (χ2n) is 4.84. The average molecular weight is 311 g/mol. The fourth-order valence-corrected chi connectivity index (χ4v) is 4.05. The predicted octanol–water partition coefficient (Wildman–Crippen LogP) is 4.16. The molecule has 6 heteroatoms. The summed E-state index contributed by atoms with van der Waals surface area (Å²) in [6.07, 6.45) is 0.482. The average Bonchev–Trinajstić information content (AvgIpc) is 2.97. The van der Waals surface area contributed by atoms with Gasteiger partial charge in [0.25, 0.3) is 0 Å². The van der Waals surface area contributed by atoms with E-state index in [1.54, 1.807) is 13.8 Å². The predicted molar refractivity (Wildman–Crippen MR) is 82.6 cm³/mol. The van der Waals surface area contributed by atoms with E-state index in [1.165, 1.54) is 0 Å². The Morgan fingerprint density at radius 3 is 2.48 bits per heavy atom. The topological polar surface area (TPSA) is 57.1 Å². The molecule has 0 saturated carbocycles. The highest BCUT2D eigenvalue weighted by molar-refractivity contribution is 7.55. The van der Waals surface area contributed by atoms with Gasteiger partial charge in [-0.2, -0.15) is 0 Å². The Morgan fingerprint density at radius 2 is 1.90 bits per heavy atom. The molecule has 0 bridgehead atoms. The van der Waals surface area contributed by atoms with Crippen LogP contribution in [0.1, 0.15) is 38.9 Å². The summed E-state index contributed by atoms with van der Waals surface area (Å²) in [4.78, 5) is 5.48. The van der Waals surface area contributed by atoms with Crippen molar-refractivity contribution in [1.29, 1.82) is 0 Å². The smallest absolute Gasteiger partial charge is 0.339 e. The van der Waals surface area contributed by atoms with E-state index in [0.29, 0.717) is 19.6 Å². The lowest BCUT2D eigenvalue weighted by Gasteiger charge is -2.22. The van der Waals surface area contributed by atoms with Crippen LogP contribution in [0.25, 0.3) is 0 Å². The number of hydrogen-bond donors (Lipinski definition) is 0. The van der Waals surface area contributed by atoms with Gasteiger partial charge in [-0.1, -0.05) is 35.5 Å². The summed E-state index contributed by atoms with van der Waals surface area (Å²) in [6, 6.07) is 9.88. The highest BCUT2D eigenvalue weighted by Gasteiger charge is 2.39. The maximum Gasteiger partial charge on any atom is 0.339 e. The normalized spacial score (nSPS) is 20.0. The van der Waals surface area contributed by atoms with Crippen LogP contribution in [0.2, 0.25) is 0 Å². The van der Waals surface area contributed by atoms with E-state index < -0.39 is 13.3 Å². The molecule has 1 aliphatic heterocycles. The van der Waals surface area contributed by atoms with Crippen molar-refractivity contribution < 1.29 is 18.5 Å². The van der Waals surface area contributed by atoms with Gasteiger partial charge in [0.2, 0.25) is 0 Å². The zero-order valence-corrected chi connectivity index (χ0v) is 13.6. The second kappa shape index (κ2) is 7.21. The van der Waals surface area contributed by atoms with Gasteiger partial charge in [-0.3, -0.25) is 4.57 Å². The highest BCUT2D eigenvalue weighted by atomic mass is 31.2. The second-order valence-corrected chi connectivity index (χ2v) is 7.21. The minimum Gasteiger partial charge on any atom is -0.387 e. The largest absolute Gasteiger partial charge is 0.387 e. The highest BCUT2D eigenvalue weighted by Crippen LogP contribution is 2.54. The number of oxime groups is 1. The van der Waals surface area contributed by atoms with Gasteiger partial charge in [0.1, 0.15) is 5.66 Å². The number of rotatable bonds is 7. The molecular formula is C15H22NO4P. The fraction of sp³-hybridized carbons (Fsp3) is 0.533. The van der Waals surface area contributed by atoms with Crippen LogP contribution in [-0.4, -0.2) is 24.6 Å². The van der Waals surface area contributed by atoms with Crippen LogP contribution < -0.4 is 0 Å². The summed E-state index contributed by atoms with van der Waals surface area (Å²) in [7, 11) is -3.19. The Morgan fingerprint density at radius 1 is 1.29 bits per heavy atom. The van der Waals surface area contributed by atoms with Crippen LogP contribution in [-0.2, 0) is 18.5 Å². The molecule has 0 saturated heterocycles. The molecule has 2 atom stereocenters. The first-order valence-corrected chi connectivity index (χ1v) is 8.88. The Labute approximate surface area is 125 Å². The molecule has 0 aromatic heterocycles. The molecule has 0 spiro atoms. The number of nitrogens with zero attached hydrogens (tertiary/aromatic N) is 1. The molecule has 2 unspecified atom stereocenters. The van der Waals surface area contributed by atoms with Crippen molar-refractivity contribution in [3.63, 3.8) is 0 Å². The SMILES string of the molecule is CCOP(=O)(OCC)C(C)C1=NOC(c2ccccc2)C1. The van der Waals surface area contributed by atoms with Crippen LogP contribution in [0.4, 0.5) is 0 Å². The van der Waals surface area contributed by atoms with Crippen molar-refractivity contribution >= 4 is 13.3 Å². The van der Waals surface area contributed by atoms with E-state index in [2.05, 4.69) is 5.16 Å². The van der Waals surface area contributed by atoms with Gasteiger partial charge in [0, 0.05) is 6.42 Å². The third-order valence-corrected chi connectivity index (χ3v) is 5.92. The van der Waals surface area contributed by atoms with E-state index in [9.17, 15) is 4.57 Å². The molecule has 0 amide bonds. The van der Waals surface area contributed by atoms with E-state index in [4.69, 9.17) is 13.9 Å². The zero-order valence-electron chi connectivity index (χ0n) is 12.7. The summed E-state index contributed by atoms with van der Waals surface area (Å²) in [5.41, 5.74) is 1.39. The monoisotopic (exact) mass is 311 g/mol. The maximum atomic E-state index is 12.8. The van der Waals surface area contributed by atoms with Crippen LogP contribution in [0.3, 0.4) is 0 Å². The molecule has 1 aromatic rings. The maximum absolute atomic E-state index is 12.8. The Hall–Kier alpha value is -1.16. The molecule has 0 aliphatic carbocycles. The van der Waals surface area contributed by atoms with Crippen molar-refractivity contribution in [2.45, 2.75) is 39.0 Å². The van der Waals surface area contributed by atoms with Crippen molar-refractivity contribution in [3.8, 4) is 0 Å². The molecule has 21 heavy (non-hydrogen) atoms. The van der Waals surface area contributed by atoms with Crippen molar-refractivity contribution in [1.82, 2.24) is 0 Å². The van der Waals surface area contributed by atoms with E-state index in [1.807, 2.05) is 37.3 Å². The van der Waals surface area contributed by atoms with Gasteiger partial charge in [0.15, 0.2) is 6.10 Å². The number of benzene rings is 1. The third-order valence-electron chi connectivity index (χ3n) is 3.44. The van der Waals surface area contributed by atoms with Gasteiger partial charge in [-0.25, -0.2) is 0 Å². The lowest BCUT2D eigenvalue weighted by atomic mass is 10.0. The van der Waals surface area contributed by atoms with Gasteiger partial charge in [-0.15, -0.1) is 0 Å². The lowest BCUT2D eigenvalue weighted by Crippen LogP contribution is -2.19. The molecule has 0 fully saturated rings. The quantitative estimate of drug-likeness (QED) is 0.710. The summed E-state index contributed by atoms with van der Waals surface area (Å²) in [5.74, 6) is 0. The zero-order chi connectivity index (χ0) is 15.3. The first-order valence-electron chi connectivity index (χ1n) is 7.27. The van der Waals surface area contributed by atoms with Crippen LogP contribution in [0.5, 0.6) is 0 Å². The molecule has 1 aliphatic rings. The van der Waals surface area contributed by atoms with Gasteiger partial charge in [0.05, 0.1) is 18.9 Å². The van der Waals surface area contributed by atoms with Gasteiger partial charge in [-0.05, 0) is 26.3 Å². The third kappa shape index (κ3) is 3.73. The standard InChI is InChI=1S/C15H22NO4P/c1-4-18-21(17,19-5-2)12(3)14-11-15(20-16-14)13-9-7-6-8-10-13/h6-10,12,15H,4-5,11H2,1-3H3. The van der Waals surface area contributed by atoms with Crippen LogP contribution in [0.15, 0.2) is 35.5 Å². The Balaban J connectivity index is 2.07. The Bertz CT molecular complexity index is 522. The van der Waals surface area contributed by atoms with Crippen LogP contribution >= 0.6 is 7.60 Å². The van der Waals surface area contributed by atoms with Crippen molar-refractivity contribution in [2.24, 2.45) is 5.16 Å². The molecule has 0 N–H and O–H groups in total. The lowest BCUT2D eigenvalue weighted by molar-refractivity contribution is 0.0857. The molecule has 1 aromatic carbocycles. The first-order chi connectivity index (χ1) is 10.1. The molecule has 1 heterocycles.